The van der Waals surface area contributed by atoms with E-state index < -0.39 is 35.4 Å². The van der Waals surface area contributed by atoms with Crippen LogP contribution in [0.2, 0.25) is 0 Å². The Morgan fingerprint density at radius 3 is 2.17 bits per heavy atom. The maximum Gasteiger partial charge on any atom is 0.407 e. The van der Waals surface area contributed by atoms with E-state index in [4.69, 9.17) is 5.11 Å². The van der Waals surface area contributed by atoms with Gasteiger partial charge in [0.05, 0.1) is 5.92 Å². The summed E-state index contributed by atoms with van der Waals surface area (Å²) >= 11 is 0. The van der Waals surface area contributed by atoms with Gasteiger partial charge in [-0.15, -0.1) is 0 Å². The first-order valence-electron chi connectivity index (χ1n) is 7.13. The minimum Gasteiger partial charge on any atom is -0.481 e. The number of carboxylic acid groups (broad SMARTS) is 2. The number of carboxylic acids is 1. The molecule has 0 saturated carbocycles. The van der Waals surface area contributed by atoms with Crippen LogP contribution in [0.4, 0.5) is 18.0 Å². The lowest BCUT2D eigenvalue weighted by molar-refractivity contribution is -0.144. The van der Waals surface area contributed by atoms with Gasteiger partial charge in [0.1, 0.15) is 5.82 Å². The highest BCUT2D eigenvalue weighted by Gasteiger charge is 2.33. The molecule has 1 saturated heterocycles. The maximum atomic E-state index is 13.7. The molecule has 8 heteroatoms. The van der Waals surface area contributed by atoms with Crippen molar-refractivity contribution in [2.45, 2.75) is 19.3 Å². The zero-order valence-corrected chi connectivity index (χ0v) is 12.1. The van der Waals surface area contributed by atoms with Crippen LogP contribution in [0.1, 0.15) is 18.4 Å². The number of halogens is 3. The van der Waals surface area contributed by atoms with Gasteiger partial charge in [-0.2, -0.15) is 0 Å². The summed E-state index contributed by atoms with van der Waals surface area (Å²) in [7, 11) is 0. The molecule has 5 nitrogen and oxygen atoms in total. The van der Waals surface area contributed by atoms with Gasteiger partial charge in [-0.05, 0) is 36.8 Å². The smallest absolute Gasteiger partial charge is 0.407 e. The highest BCUT2D eigenvalue weighted by molar-refractivity contribution is 5.71. The number of aliphatic carboxylic acids is 1. The number of hydrogen-bond acceptors (Lipinski definition) is 2. The van der Waals surface area contributed by atoms with Gasteiger partial charge >= 0.3 is 12.1 Å². The summed E-state index contributed by atoms with van der Waals surface area (Å²) < 4.78 is 39.9. The van der Waals surface area contributed by atoms with Crippen molar-refractivity contribution in [1.29, 1.82) is 0 Å². The van der Waals surface area contributed by atoms with Gasteiger partial charge in [0, 0.05) is 19.2 Å². The van der Waals surface area contributed by atoms with E-state index in [9.17, 15) is 27.9 Å². The first kappa shape index (κ1) is 17.1. The van der Waals surface area contributed by atoms with Crippen LogP contribution in [-0.4, -0.2) is 40.3 Å². The van der Waals surface area contributed by atoms with E-state index in [1.54, 1.807) is 0 Å². The molecule has 1 aromatic rings. The van der Waals surface area contributed by atoms with E-state index in [0.717, 1.165) is 0 Å². The quantitative estimate of drug-likeness (QED) is 0.832. The highest BCUT2D eigenvalue weighted by atomic mass is 19.2. The Morgan fingerprint density at radius 2 is 1.65 bits per heavy atom. The SMILES string of the molecule is O=C(O)C(Cc1cc(F)c(F)cc1F)C1CCN(C(=O)O)CC1. The Morgan fingerprint density at radius 1 is 1.09 bits per heavy atom. The molecule has 1 heterocycles. The predicted octanol–water partition coefficient (Wildman–Crippen LogP) is 2.74. The number of hydrogen-bond donors (Lipinski definition) is 2. The average molecular weight is 331 g/mol. The molecule has 126 valence electrons. The van der Waals surface area contributed by atoms with E-state index in [1.165, 1.54) is 4.90 Å². The Kier molecular flexibility index (Phi) is 5.12. The summed E-state index contributed by atoms with van der Waals surface area (Å²) in [5, 5.41) is 18.2. The molecule has 0 bridgehead atoms. The first-order chi connectivity index (χ1) is 10.8. The fraction of sp³-hybridized carbons (Fsp3) is 0.467. The number of rotatable bonds is 4. The van der Waals surface area contributed by atoms with Gasteiger partial charge in [0.25, 0.3) is 0 Å². The minimum absolute atomic E-state index is 0.197. The molecule has 0 aliphatic carbocycles. The molecule has 1 aromatic carbocycles. The summed E-state index contributed by atoms with van der Waals surface area (Å²) in [6.07, 6.45) is -0.679. The Hall–Kier alpha value is -2.25. The number of carbonyl (C=O) groups is 2. The zero-order valence-electron chi connectivity index (χ0n) is 12.1. The van der Waals surface area contributed by atoms with Crippen molar-refractivity contribution < 1.29 is 33.0 Å². The van der Waals surface area contributed by atoms with Crippen LogP contribution in [-0.2, 0) is 11.2 Å². The third-order valence-electron chi connectivity index (χ3n) is 4.23. The van der Waals surface area contributed by atoms with E-state index in [1.807, 2.05) is 0 Å². The molecule has 1 aliphatic heterocycles. The van der Waals surface area contributed by atoms with E-state index in [0.29, 0.717) is 25.0 Å². The van der Waals surface area contributed by atoms with Crippen LogP contribution in [0.15, 0.2) is 12.1 Å². The van der Waals surface area contributed by atoms with Crippen LogP contribution in [0, 0.1) is 29.3 Å². The first-order valence-corrected chi connectivity index (χ1v) is 7.13. The van der Waals surface area contributed by atoms with Crippen molar-refractivity contribution in [2.24, 2.45) is 11.8 Å². The molecule has 0 spiro atoms. The summed E-state index contributed by atoms with van der Waals surface area (Å²) in [6, 6.07) is 1.07. The lowest BCUT2D eigenvalue weighted by Gasteiger charge is -2.33. The number of likely N-dealkylation sites (tertiary alicyclic amines) is 1. The van der Waals surface area contributed by atoms with Gasteiger partial charge in [0.2, 0.25) is 0 Å². The third kappa shape index (κ3) is 3.94. The molecule has 1 amide bonds. The lowest BCUT2D eigenvalue weighted by atomic mass is 9.80. The number of amides is 1. The van der Waals surface area contributed by atoms with Crippen molar-refractivity contribution >= 4 is 12.1 Å². The van der Waals surface area contributed by atoms with Crippen molar-refractivity contribution in [3.05, 3.63) is 35.1 Å². The number of piperidine rings is 1. The maximum absolute atomic E-state index is 13.7. The lowest BCUT2D eigenvalue weighted by Crippen LogP contribution is -2.41. The van der Waals surface area contributed by atoms with Crippen molar-refractivity contribution in [3.8, 4) is 0 Å². The van der Waals surface area contributed by atoms with Gasteiger partial charge in [0.15, 0.2) is 11.6 Å². The molecule has 23 heavy (non-hydrogen) atoms. The van der Waals surface area contributed by atoms with Gasteiger partial charge in [-0.1, -0.05) is 0 Å². The van der Waals surface area contributed by atoms with E-state index >= 15 is 0 Å². The van der Waals surface area contributed by atoms with Crippen LogP contribution in [0.25, 0.3) is 0 Å². The Balaban J connectivity index is 2.13. The second-order valence-corrected chi connectivity index (χ2v) is 5.61. The second-order valence-electron chi connectivity index (χ2n) is 5.61. The monoisotopic (exact) mass is 331 g/mol. The zero-order chi connectivity index (χ0) is 17.1. The predicted molar refractivity (Wildman–Crippen MR) is 73.5 cm³/mol. The molecule has 1 aliphatic rings. The fourth-order valence-electron chi connectivity index (χ4n) is 2.91. The van der Waals surface area contributed by atoms with Crippen LogP contribution >= 0.6 is 0 Å². The second kappa shape index (κ2) is 6.89. The largest absolute Gasteiger partial charge is 0.481 e. The molecule has 0 aromatic heterocycles. The van der Waals surface area contributed by atoms with Crippen LogP contribution in [0.3, 0.4) is 0 Å². The van der Waals surface area contributed by atoms with Crippen molar-refractivity contribution in [1.82, 2.24) is 4.90 Å². The van der Waals surface area contributed by atoms with Crippen molar-refractivity contribution in [2.75, 3.05) is 13.1 Å². The third-order valence-corrected chi connectivity index (χ3v) is 4.23. The summed E-state index contributed by atoms with van der Waals surface area (Å²) in [5.74, 6) is -6.04. The van der Waals surface area contributed by atoms with E-state index in [2.05, 4.69) is 0 Å². The minimum atomic E-state index is -1.33. The number of benzene rings is 1. The normalized spacial score (nSPS) is 17.1. The highest BCUT2D eigenvalue weighted by Crippen LogP contribution is 2.29. The number of nitrogens with zero attached hydrogens (tertiary/aromatic N) is 1. The molecule has 1 atom stereocenters. The van der Waals surface area contributed by atoms with Crippen LogP contribution < -0.4 is 0 Å². The molecule has 1 fully saturated rings. The molecule has 0 radical (unpaired) electrons. The Labute approximate surface area is 130 Å². The van der Waals surface area contributed by atoms with Crippen LogP contribution in [0.5, 0.6) is 0 Å². The van der Waals surface area contributed by atoms with E-state index in [-0.39, 0.29) is 31.0 Å². The molecular weight excluding hydrogens is 315 g/mol. The molecule has 2 N–H and O–H groups in total. The van der Waals surface area contributed by atoms with Gasteiger partial charge in [-0.25, -0.2) is 18.0 Å². The standard InChI is InChI=1S/C15H16F3NO4/c16-11-7-13(18)12(17)6-9(11)5-10(14(20)21)8-1-3-19(4-2-8)15(22)23/h6-8,10H,1-5H2,(H,20,21)(H,22,23). The molecule has 2 rings (SSSR count). The average Bonchev–Trinajstić information content (AvgIpc) is 2.49. The fourth-order valence-corrected chi connectivity index (χ4v) is 2.91. The Bertz CT molecular complexity index is 615. The molecular formula is C15H16F3NO4. The topological polar surface area (TPSA) is 77.8 Å². The van der Waals surface area contributed by atoms with Gasteiger partial charge in [-0.3, -0.25) is 4.79 Å². The van der Waals surface area contributed by atoms with Gasteiger partial charge < -0.3 is 15.1 Å². The summed E-state index contributed by atoms with van der Waals surface area (Å²) in [4.78, 5) is 23.5. The van der Waals surface area contributed by atoms with Crippen molar-refractivity contribution in [3.63, 3.8) is 0 Å². The summed E-state index contributed by atoms with van der Waals surface area (Å²) in [5.41, 5.74) is -0.197. The molecule has 1 unspecified atom stereocenters. The summed E-state index contributed by atoms with van der Waals surface area (Å²) in [6.45, 7) is 0.397.